The molecule has 2 aliphatic rings. The zero-order valence-electron chi connectivity index (χ0n) is 13.7. The minimum atomic E-state index is -0.321. The SMILES string of the molecule is CCC(C)(C)NC(=O)C1CC(=O)N(c2ccc3c(c2)OCO3)C1. The largest absolute Gasteiger partial charge is 0.454 e. The standard InChI is InChI=1S/C17H22N2O4/c1-4-17(2,3)18-16(21)11-7-15(20)19(9-11)12-5-6-13-14(8-12)23-10-22-13/h5-6,8,11H,4,7,9-10H2,1-3H3,(H,18,21). The van der Waals surface area contributed by atoms with E-state index in [1.807, 2.05) is 26.8 Å². The molecule has 0 spiro atoms. The highest BCUT2D eigenvalue weighted by Crippen LogP contribution is 2.37. The van der Waals surface area contributed by atoms with Crippen LogP contribution in [-0.2, 0) is 9.59 Å². The van der Waals surface area contributed by atoms with Crippen LogP contribution in [-0.4, -0.2) is 30.7 Å². The van der Waals surface area contributed by atoms with Crippen molar-refractivity contribution in [1.29, 1.82) is 0 Å². The Balaban J connectivity index is 1.71. The van der Waals surface area contributed by atoms with Gasteiger partial charge in [-0.15, -0.1) is 0 Å². The summed E-state index contributed by atoms with van der Waals surface area (Å²) in [7, 11) is 0. The van der Waals surface area contributed by atoms with Crippen molar-refractivity contribution >= 4 is 17.5 Å². The minimum Gasteiger partial charge on any atom is -0.454 e. The lowest BCUT2D eigenvalue weighted by Gasteiger charge is -2.26. The fourth-order valence-corrected chi connectivity index (χ4v) is 2.71. The van der Waals surface area contributed by atoms with Gasteiger partial charge < -0.3 is 19.7 Å². The maximum absolute atomic E-state index is 12.4. The number of ether oxygens (including phenoxy) is 2. The Bertz CT molecular complexity index is 641. The number of hydrogen-bond acceptors (Lipinski definition) is 4. The molecule has 1 aromatic carbocycles. The number of fused-ring (bicyclic) bond motifs is 1. The molecular formula is C17H22N2O4. The fourth-order valence-electron chi connectivity index (χ4n) is 2.71. The first-order valence-corrected chi connectivity index (χ1v) is 7.91. The van der Waals surface area contributed by atoms with E-state index in [0.717, 1.165) is 12.1 Å². The second-order valence-corrected chi connectivity index (χ2v) is 6.67. The van der Waals surface area contributed by atoms with E-state index in [4.69, 9.17) is 9.47 Å². The fraction of sp³-hybridized carbons (Fsp3) is 0.529. The summed E-state index contributed by atoms with van der Waals surface area (Å²) in [4.78, 5) is 26.3. The summed E-state index contributed by atoms with van der Waals surface area (Å²) in [6, 6.07) is 5.40. The molecule has 1 atom stereocenters. The summed E-state index contributed by atoms with van der Waals surface area (Å²) < 4.78 is 10.6. The molecule has 1 fully saturated rings. The molecule has 1 aromatic rings. The molecule has 0 bridgehead atoms. The van der Waals surface area contributed by atoms with Gasteiger partial charge in [0.1, 0.15) is 0 Å². The molecule has 124 valence electrons. The van der Waals surface area contributed by atoms with Gasteiger partial charge in [0.25, 0.3) is 0 Å². The lowest BCUT2D eigenvalue weighted by atomic mass is 9.99. The summed E-state index contributed by atoms with van der Waals surface area (Å²) >= 11 is 0. The molecule has 0 radical (unpaired) electrons. The topological polar surface area (TPSA) is 67.9 Å². The van der Waals surface area contributed by atoms with Crippen LogP contribution in [0.3, 0.4) is 0 Å². The third-order valence-corrected chi connectivity index (χ3v) is 4.51. The molecule has 2 aliphatic heterocycles. The molecule has 0 saturated carbocycles. The zero-order valence-corrected chi connectivity index (χ0v) is 13.7. The van der Waals surface area contributed by atoms with Crippen molar-refractivity contribution < 1.29 is 19.1 Å². The van der Waals surface area contributed by atoms with Gasteiger partial charge in [0.05, 0.1) is 5.92 Å². The Morgan fingerprint density at radius 1 is 1.35 bits per heavy atom. The van der Waals surface area contributed by atoms with Gasteiger partial charge in [0.2, 0.25) is 18.6 Å². The van der Waals surface area contributed by atoms with E-state index in [0.29, 0.717) is 18.0 Å². The number of carbonyl (C=O) groups excluding carboxylic acids is 2. The maximum atomic E-state index is 12.4. The van der Waals surface area contributed by atoms with Crippen LogP contribution in [0.5, 0.6) is 11.5 Å². The summed E-state index contributed by atoms with van der Waals surface area (Å²) in [5.74, 6) is 0.889. The van der Waals surface area contributed by atoms with E-state index in [1.165, 1.54) is 0 Å². The number of hydrogen-bond donors (Lipinski definition) is 1. The van der Waals surface area contributed by atoms with Crippen molar-refractivity contribution in [1.82, 2.24) is 5.32 Å². The highest BCUT2D eigenvalue weighted by molar-refractivity contribution is 6.00. The molecule has 0 aromatic heterocycles. The lowest BCUT2D eigenvalue weighted by molar-refractivity contribution is -0.127. The Morgan fingerprint density at radius 2 is 2.09 bits per heavy atom. The third-order valence-electron chi connectivity index (χ3n) is 4.51. The van der Waals surface area contributed by atoms with Gasteiger partial charge in [-0.1, -0.05) is 6.92 Å². The second kappa shape index (κ2) is 5.76. The smallest absolute Gasteiger partial charge is 0.231 e. The summed E-state index contributed by atoms with van der Waals surface area (Å²) in [6.07, 6.45) is 1.07. The molecular weight excluding hydrogens is 296 g/mol. The van der Waals surface area contributed by atoms with Gasteiger partial charge in [-0.3, -0.25) is 9.59 Å². The van der Waals surface area contributed by atoms with Gasteiger partial charge in [-0.2, -0.15) is 0 Å². The quantitative estimate of drug-likeness (QED) is 0.923. The molecule has 3 rings (SSSR count). The van der Waals surface area contributed by atoms with Gasteiger partial charge in [0.15, 0.2) is 11.5 Å². The van der Waals surface area contributed by atoms with Crippen LogP contribution in [0.15, 0.2) is 18.2 Å². The van der Waals surface area contributed by atoms with Gasteiger partial charge in [-0.25, -0.2) is 0 Å². The van der Waals surface area contributed by atoms with Gasteiger partial charge in [0, 0.05) is 30.3 Å². The lowest BCUT2D eigenvalue weighted by Crippen LogP contribution is -2.46. The van der Waals surface area contributed by atoms with Crippen LogP contribution >= 0.6 is 0 Å². The first-order chi connectivity index (χ1) is 10.9. The molecule has 2 amide bonds. The van der Waals surface area contributed by atoms with Crippen molar-refractivity contribution in [2.45, 2.75) is 39.2 Å². The Hall–Kier alpha value is -2.24. The average Bonchev–Trinajstić information content (AvgIpc) is 3.12. The van der Waals surface area contributed by atoms with Crippen LogP contribution in [0.2, 0.25) is 0 Å². The number of rotatable bonds is 4. The predicted octanol–water partition coefficient (Wildman–Crippen LogP) is 2.07. The number of nitrogens with zero attached hydrogens (tertiary/aromatic N) is 1. The van der Waals surface area contributed by atoms with Gasteiger partial charge >= 0.3 is 0 Å². The second-order valence-electron chi connectivity index (χ2n) is 6.67. The Morgan fingerprint density at radius 3 is 2.83 bits per heavy atom. The highest BCUT2D eigenvalue weighted by Gasteiger charge is 2.37. The van der Waals surface area contributed by atoms with Crippen LogP contribution in [0, 0.1) is 5.92 Å². The summed E-state index contributed by atoms with van der Waals surface area (Å²) in [6.45, 7) is 6.58. The Labute approximate surface area is 135 Å². The van der Waals surface area contributed by atoms with E-state index >= 15 is 0 Å². The summed E-state index contributed by atoms with van der Waals surface area (Å²) in [5, 5.41) is 3.02. The molecule has 6 nitrogen and oxygen atoms in total. The van der Waals surface area contributed by atoms with Crippen molar-refractivity contribution in [2.24, 2.45) is 5.92 Å². The van der Waals surface area contributed by atoms with E-state index in [-0.39, 0.29) is 36.5 Å². The van der Waals surface area contributed by atoms with E-state index in [9.17, 15) is 9.59 Å². The monoisotopic (exact) mass is 318 g/mol. The van der Waals surface area contributed by atoms with Gasteiger partial charge in [-0.05, 0) is 32.4 Å². The molecule has 2 heterocycles. The average molecular weight is 318 g/mol. The van der Waals surface area contributed by atoms with E-state index in [1.54, 1.807) is 17.0 Å². The third kappa shape index (κ3) is 3.11. The van der Waals surface area contributed by atoms with E-state index in [2.05, 4.69) is 5.32 Å². The normalized spacial score (nSPS) is 20.0. The Kier molecular flexibility index (Phi) is 3.92. The van der Waals surface area contributed by atoms with Crippen LogP contribution in [0.4, 0.5) is 5.69 Å². The number of benzene rings is 1. The van der Waals surface area contributed by atoms with Crippen molar-refractivity contribution in [3.05, 3.63) is 18.2 Å². The van der Waals surface area contributed by atoms with Crippen molar-refractivity contribution in [2.75, 3.05) is 18.2 Å². The molecule has 1 unspecified atom stereocenters. The summed E-state index contributed by atoms with van der Waals surface area (Å²) in [5.41, 5.74) is 0.482. The van der Waals surface area contributed by atoms with Crippen LogP contribution in [0.1, 0.15) is 33.6 Å². The van der Waals surface area contributed by atoms with Crippen LogP contribution < -0.4 is 19.7 Å². The zero-order chi connectivity index (χ0) is 16.6. The van der Waals surface area contributed by atoms with Crippen LogP contribution in [0.25, 0.3) is 0 Å². The van der Waals surface area contributed by atoms with Crippen molar-refractivity contribution in [3.63, 3.8) is 0 Å². The molecule has 6 heteroatoms. The first-order valence-electron chi connectivity index (χ1n) is 7.91. The first kappa shape index (κ1) is 15.6. The maximum Gasteiger partial charge on any atom is 0.231 e. The number of nitrogens with one attached hydrogen (secondary N) is 1. The highest BCUT2D eigenvalue weighted by atomic mass is 16.7. The molecule has 1 saturated heterocycles. The number of anilines is 1. The minimum absolute atomic E-state index is 0.0432. The molecule has 1 N–H and O–H groups in total. The molecule has 0 aliphatic carbocycles. The predicted molar refractivity (Wildman–Crippen MR) is 85.5 cm³/mol. The number of carbonyl (C=O) groups is 2. The number of amides is 2. The van der Waals surface area contributed by atoms with E-state index < -0.39 is 0 Å². The molecule has 23 heavy (non-hydrogen) atoms. The van der Waals surface area contributed by atoms with Crippen molar-refractivity contribution in [3.8, 4) is 11.5 Å².